The number of carbonyl (C=O) groups is 2. The first-order valence-electron chi connectivity index (χ1n) is 11.5. The summed E-state index contributed by atoms with van der Waals surface area (Å²) < 4.78 is 18.7. The zero-order valence-electron chi connectivity index (χ0n) is 19.7. The molecule has 3 aromatic rings. The number of carbonyl (C=O) groups excluding carboxylic acids is 2. The van der Waals surface area contributed by atoms with Gasteiger partial charge in [-0.3, -0.25) is 9.59 Å². The van der Waals surface area contributed by atoms with Gasteiger partial charge in [-0.05, 0) is 47.4 Å². The van der Waals surface area contributed by atoms with E-state index in [0.29, 0.717) is 24.3 Å². The Balaban J connectivity index is 1.95. The van der Waals surface area contributed by atoms with Crippen LogP contribution < -0.4 is 10.1 Å². The van der Waals surface area contributed by atoms with E-state index in [-0.39, 0.29) is 30.6 Å². The first-order chi connectivity index (χ1) is 16.5. The molecule has 0 aliphatic heterocycles. The second-order valence-corrected chi connectivity index (χ2v) is 8.17. The van der Waals surface area contributed by atoms with Crippen LogP contribution in [0.2, 0.25) is 0 Å². The number of hydrogen-bond donors (Lipinski definition) is 1. The average molecular weight is 463 g/mol. The molecule has 0 unspecified atom stereocenters. The lowest BCUT2D eigenvalue weighted by Crippen LogP contribution is -2.51. The number of methoxy groups -OCH3 is 1. The van der Waals surface area contributed by atoms with E-state index in [1.54, 1.807) is 24.1 Å². The summed E-state index contributed by atoms with van der Waals surface area (Å²) in [6.07, 6.45) is 1.25. The minimum Gasteiger partial charge on any atom is -0.497 e. The number of halogens is 1. The fourth-order valence-electron chi connectivity index (χ4n) is 3.77. The lowest BCUT2D eigenvalue weighted by atomic mass is 10.0. The predicted octanol–water partition coefficient (Wildman–Crippen LogP) is 4.54. The van der Waals surface area contributed by atoms with Gasteiger partial charge in [0.25, 0.3) is 0 Å². The molecular formula is C28H31FN2O3. The summed E-state index contributed by atoms with van der Waals surface area (Å²) in [4.78, 5) is 28.5. The Morgan fingerprint density at radius 1 is 0.941 bits per heavy atom. The van der Waals surface area contributed by atoms with Crippen LogP contribution in [0.1, 0.15) is 30.0 Å². The predicted molar refractivity (Wildman–Crippen MR) is 131 cm³/mol. The van der Waals surface area contributed by atoms with Gasteiger partial charge < -0.3 is 15.0 Å². The van der Waals surface area contributed by atoms with Gasteiger partial charge in [0, 0.05) is 19.5 Å². The molecular weight excluding hydrogens is 431 g/mol. The van der Waals surface area contributed by atoms with Crippen LogP contribution in [0.5, 0.6) is 5.75 Å². The Kier molecular flexibility index (Phi) is 9.21. The van der Waals surface area contributed by atoms with Crippen molar-refractivity contribution < 1.29 is 18.7 Å². The molecule has 178 valence electrons. The van der Waals surface area contributed by atoms with E-state index >= 15 is 0 Å². The highest BCUT2D eigenvalue weighted by molar-refractivity contribution is 5.88. The van der Waals surface area contributed by atoms with Gasteiger partial charge in [0.2, 0.25) is 11.8 Å². The van der Waals surface area contributed by atoms with Crippen LogP contribution in [0.15, 0.2) is 78.9 Å². The van der Waals surface area contributed by atoms with Gasteiger partial charge in [-0.15, -0.1) is 0 Å². The number of rotatable bonds is 11. The van der Waals surface area contributed by atoms with E-state index in [4.69, 9.17) is 4.74 Å². The van der Waals surface area contributed by atoms with Crippen LogP contribution in [0, 0.1) is 5.82 Å². The van der Waals surface area contributed by atoms with Crippen LogP contribution in [-0.2, 0) is 29.0 Å². The summed E-state index contributed by atoms with van der Waals surface area (Å²) in [7, 11) is 1.59. The van der Waals surface area contributed by atoms with E-state index in [1.165, 1.54) is 12.1 Å². The Labute approximate surface area is 200 Å². The molecule has 6 heteroatoms. The highest BCUT2D eigenvalue weighted by Crippen LogP contribution is 2.19. The standard InChI is InChI=1S/C28H31FN2O3/c1-3-16-30-28(33)26(18-21-8-5-4-6-9-21)31(20-23-10-7-11-25(17-23)34-2)27(32)19-22-12-14-24(29)15-13-22/h4-15,17,26H,3,16,18-20H2,1-2H3,(H,30,33)/t26-/m1/s1. The van der Waals surface area contributed by atoms with E-state index in [9.17, 15) is 14.0 Å². The SMILES string of the molecule is CCCNC(=O)[C@@H](Cc1ccccc1)N(Cc1cccc(OC)c1)C(=O)Cc1ccc(F)cc1. The van der Waals surface area contributed by atoms with Crippen molar-refractivity contribution in [1.82, 2.24) is 10.2 Å². The number of ether oxygens (including phenoxy) is 1. The van der Waals surface area contributed by atoms with Crippen LogP contribution in [0.25, 0.3) is 0 Å². The van der Waals surface area contributed by atoms with Crippen LogP contribution in [0.3, 0.4) is 0 Å². The minimum atomic E-state index is -0.701. The highest BCUT2D eigenvalue weighted by atomic mass is 19.1. The van der Waals surface area contributed by atoms with E-state index < -0.39 is 6.04 Å². The van der Waals surface area contributed by atoms with E-state index in [1.807, 2.05) is 61.5 Å². The topological polar surface area (TPSA) is 58.6 Å². The van der Waals surface area contributed by atoms with Crippen molar-refractivity contribution >= 4 is 11.8 Å². The molecule has 1 N–H and O–H groups in total. The third kappa shape index (κ3) is 7.17. The molecule has 3 aromatic carbocycles. The summed E-state index contributed by atoms with van der Waals surface area (Å²) in [5, 5.41) is 2.96. The molecule has 0 aliphatic carbocycles. The summed E-state index contributed by atoms with van der Waals surface area (Å²) >= 11 is 0. The Morgan fingerprint density at radius 2 is 1.65 bits per heavy atom. The van der Waals surface area contributed by atoms with Gasteiger partial charge >= 0.3 is 0 Å². The third-order valence-electron chi connectivity index (χ3n) is 5.58. The molecule has 0 aromatic heterocycles. The van der Waals surface area contributed by atoms with Gasteiger partial charge in [-0.25, -0.2) is 4.39 Å². The molecule has 0 aliphatic rings. The van der Waals surface area contributed by atoms with Crippen molar-refractivity contribution in [3.8, 4) is 5.75 Å². The van der Waals surface area contributed by atoms with E-state index in [2.05, 4.69) is 5.32 Å². The van der Waals surface area contributed by atoms with Crippen molar-refractivity contribution in [2.45, 2.75) is 38.8 Å². The van der Waals surface area contributed by atoms with Crippen LogP contribution in [-0.4, -0.2) is 36.4 Å². The molecule has 0 bridgehead atoms. The summed E-state index contributed by atoms with van der Waals surface area (Å²) in [5.74, 6) is -0.0770. The number of hydrogen-bond acceptors (Lipinski definition) is 3. The molecule has 0 saturated carbocycles. The van der Waals surface area contributed by atoms with Gasteiger partial charge in [-0.1, -0.05) is 61.5 Å². The first-order valence-corrected chi connectivity index (χ1v) is 11.5. The molecule has 0 saturated heterocycles. The number of amides is 2. The van der Waals surface area contributed by atoms with Gasteiger partial charge in [0.15, 0.2) is 0 Å². The van der Waals surface area contributed by atoms with Crippen molar-refractivity contribution in [3.63, 3.8) is 0 Å². The summed E-state index contributed by atoms with van der Waals surface area (Å²) in [6.45, 7) is 2.76. The molecule has 0 fully saturated rings. The van der Waals surface area contributed by atoms with Crippen molar-refractivity contribution in [2.24, 2.45) is 0 Å². The maximum atomic E-state index is 13.6. The maximum Gasteiger partial charge on any atom is 0.243 e. The number of nitrogens with zero attached hydrogens (tertiary/aromatic N) is 1. The number of benzene rings is 3. The zero-order chi connectivity index (χ0) is 24.3. The maximum absolute atomic E-state index is 13.6. The summed E-state index contributed by atoms with van der Waals surface area (Å²) in [5.41, 5.74) is 2.51. The Bertz CT molecular complexity index is 1070. The molecule has 0 radical (unpaired) electrons. The highest BCUT2D eigenvalue weighted by Gasteiger charge is 2.30. The van der Waals surface area contributed by atoms with Crippen molar-refractivity contribution in [3.05, 3.63) is 101 Å². The molecule has 2 amide bonds. The van der Waals surface area contributed by atoms with Crippen LogP contribution in [0.4, 0.5) is 4.39 Å². The fourth-order valence-corrected chi connectivity index (χ4v) is 3.77. The molecule has 5 nitrogen and oxygen atoms in total. The molecule has 0 heterocycles. The lowest BCUT2D eigenvalue weighted by Gasteiger charge is -2.32. The second kappa shape index (κ2) is 12.5. The smallest absolute Gasteiger partial charge is 0.243 e. The molecule has 1 atom stereocenters. The number of nitrogens with one attached hydrogen (secondary N) is 1. The largest absolute Gasteiger partial charge is 0.497 e. The Morgan fingerprint density at radius 3 is 2.32 bits per heavy atom. The molecule has 34 heavy (non-hydrogen) atoms. The molecule has 3 rings (SSSR count). The Hall–Kier alpha value is -3.67. The third-order valence-corrected chi connectivity index (χ3v) is 5.58. The second-order valence-electron chi connectivity index (χ2n) is 8.17. The van der Waals surface area contributed by atoms with Crippen molar-refractivity contribution in [1.29, 1.82) is 0 Å². The summed E-state index contributed by atoms with van der Waals surface area (Å²) in [6, 6.07) is 22.3. The minimum absolute atomic E-state index is 0.0661. The average Bonchev–Trinajstić information content (AvgIpc) is 2.86. The van der Waals surface area contributed by atoms with E-state index in [0.717, 1.165) is 17.5 Å². The van der Waals surface area contributed by atoms with Gasteiger partial charge in [-0.2, -0.15) is 0 Å². The fraction of sp³-hybridized carbons (Fsp3) is 0.286. The molecule has 0 spiro atoms. The van der Waals surface area contributed by atoms with Gasteiger partial charge in [0.1, 0.15) is 17.6 Å². The first kappa shape index (κ1) is 25.0. The monoisotopic (exact) mass is 462 g/mol. The lowest BCUT2D eigenvalue weighted by molar-refractivity contribution is -0.140. The zero-order valence-corrected chi connectivity index (χ0v) is 19.7. The quantitative estimate of drug-likeness (QED) is 0.455. The van der Waals surface area contributed by atoms with Crippen molar-refractivity contribution in [2.75, 3.05) is 13.7 Å². The van der Waals surface area contributed by atoms with Gasteiger partial charge in [0.05, 0.1) is 13.5 Å². The van der Waals surface area contributed by atoms with Crippen LogP contribution >= 0.6 is 0 Å². The normalized spacial score (nSPS) is 11.5.